The molecule has 8 nitrogen and oxygen atoms in total. The highest BCUT2D eigenvalue weighted by atomic mass is 35.5. The summed E-state index contributed by atoms with van der Waals surface area (Å²) in [5, 5.41) is 6.10. The lowest BCUT2D eigenvalue weighted by Crippen LogP contribution is -2.31. The first-order valence-corrected chi connectivity index (χ1v) is 11.3. The maximum Gasteiger partial charge on any atom is 0.319 e. The van der Waals surface area contributed by atoms with Crippen LogP contribution in [0.3, 0.4) is 0 Å². The van der Waals surface area contributed by atoms with Crippen molar-refractivity contribution in [1.82, 2.24) is 19.6 Å². The summed E-state index contributed by atoms with van der Waals surface area (Å²) in [7, 11) is -3.58. The monoisotopic (exact) mass is 449 g/mol. The number of hydrogen-bond acceptors (Lipinski definition) is 4. The van der Waals surface area contributed by atoms with Crippen LogP contribution >= 0.6 is 11.6 Å². The van der Waals surface area contributed by atoms with Crippen molar-refractivity contribution in [2.75, 3.05) is 11.9 Å². The fourth-order valence-electron chi connectivity index (χ4n) is 2.90. The van der Waals surface area contributed by atoms with E-state index >= 15 is 0 Å². The number of amides is 2. The van der Waals surface area contributed by atoms with Crippen LogP contribution in [0, 0.1) is 6.92 Å². The molecule has 1 heterocycles. The Hall–Kier alpha value is -2.62. The standard InChI is InChI=1S/C20H24ClN5O3S/c1-13(2)25-30(28,29)16-6-7-19-18(11-16)23-12-26(19)9-8-22-20(27)24-15-5-4-14(3)17(21)10-15/h4-7,10-13,25H,8-9H2,1-3H3,(H2,22,24,27). The van der Waals surface area contributed by atoms with Gasteiger partial charge in [0.1, 0.15) is 0 Å². The van der Waals surface area contributed by atoms with Crippen molar-refractivity contribution in [3.63, 3.8) is 0 Å². The highest BCUT2D eigenvalue weighted by molar-refractivity contribution is 7.89. The topological polar surface area (TPSA) is 105 Å². The van der Waals surface area contributed by atoms with Gasteiger partial charge in [0.15, 0.2) is 0 Å². The lowest BCUT2D eigenvalue weighted by Gasteiger charge is -2.10. The molecule has 0 fully saturated rings. The SMILES string of the molecule is Cc1ccc(NC(=O)NCCn2cnc3cc(S(=O)(=O)NC(C)C)ccc32)cc1Cl. The molecule has 3 N–H and O–H groups in total. The van der Waals surface area contributed by atoms with Crippen LogP contribution in [0.4, 0.5) is 10.5 Å². The molecule has 2 aromatic carbocycles. The Bertz CT molecular complexity index is 1170. The summed E-state index contributed by atoms with van der Waals surface area (Å²) < 4.78 is 29.0. The Morgan fingerprint density at radius 3 is 2.67 bits per heavy atom. The summed E-state index contributed by atoms with van der Waals surface area (Å²) in [6.07, 6.45) is 1.62. The number of halogens is 1. The van der Waals surface area contributed by atoms with Crippen LogP contribution in [-0.4, -0.2) is 36.6 Å². The smallest absolute Gasteiger partial charge is 0.319 e. The Labute approximate surface area is 180 Å². The third-order valence-electron chi connectivity index (χ3n) is 4.36. The van der Waals surface area contributed by atoms with E-state index in [4.69, 9.17) is 11.6 Å². The van der Waals surface area contributed by atoms with E-state index in [9.17, 15) is 13.2 Å². The summed E-state index contributed by atoms with van der Waals surface area (Å²) in [6, 6.07) is 9.57. The van der Waals surface area contributed by atoms with E-state index in [-0.39, 0.29) is 17.0 Å². The van der Waals surface area contributed by atoms with E-state index in [0.717, 1.165) is 11.1 Å². The van der Waals surface area contributed by atoms with E-state index in [1.54, 1.807) is 44.4 Å². The number of nitrogens with zero attached hydrogens (tertiary/aromatic N) is 2. The number of aryl methyl sites for hydroxylation is 1. The van der Waals surface area contributed by atoms with Gasteiger partial charge in [0, 0.05) is 29.8 Å². The average Bonchev–Trinajstić information content (AvgIpc) is 3.06. The molecule has 0 atom stereocenters. The Morgan fingerprint density at radius 2 is 1.97 bits per heavy atom. The normalized spacial score (nSPS) is 11.8. The van der Waals surface area contributed by atoms with Gasteiger partial charge in [-0.3, -0.25) is 0 Å². The predicted octanol–water partition coefficient (Wildman–Crippen LogP) is 3.51. The van der Waals surface area contributed by atoms with Gasteiger partial charge in [-0.2, -0.15) is 0 Å². The molecular formula is C20H24ClN5O3S. The van der Waals surface area contributed by atoms with Crippen molar-refractivity contribution in [3.8, 4) is 0 Å². The third kappa shape index (κ3) is 5.29. The van der Waals surface area contributed by atoms with Gasteiger partial charge in [-0.05, 0) is 56.7 Å². The molecule has 30 heavy (non-hydrogen) atoms. The molecule has 0 saturated heterocycles. The van der Waals surface area contributed by atoms with Crippen molar-refractivity contribution >= 4 is 44.4 Å². The summed E-state index contributed by atoms with van der Waals surface area (Å²) >= 11 is 6.06. The highest BCUT2D eigenvalue weighted by Crippen LogP contribution is 2.20. The van der Waals surface area contributed by atoms with Crippen LogP contribution in [0.2, 0.25) is 5.02 Å². The van der Waals surface area contributed by atoms with Gasteiger partial charge in [0.25, 0.3) is 0 Å². The summed E-state index contributed by atoms with van der Waals surface area (Å²) in [5.74, 6) is 0. The number of benzene rings is 2. The summed E-state index contributed by atoms with van der Waals surface area (Å²) in [5.41, 5.74) is 2.90. The first kappa shape index (κ1) is 22.1. The molecule has 2 amide bonds. The van der Waals surface area contributed by atoms with Crippen molar-refractivity contribution in [2.45, 2.75) is 38.3 Å². The molecule has 0 radical (unpaired) electrons. The second-order valence-electron chi connectivity index (χ2n) is 7.21. The second kappa shape index (κ2) is 9.03. The fourth-order valence-corrected chi connectivity index (χ4v) is 4.35. The maximum atomic E-state index is 12.3. The molecule has 0 aliphatic rings. The lowest BCUT2D eigenvalue weighted by molar-refractivity contribution is 0.251. The number of fused-ring (bicyclic) bond motifs is 1. The van der Waals surface area contributed by atoms with Crippen LogP contribution in [0.25, 0.3) is 11.0 Å². The van der Waals surface area contributed by atoms with E-state index in [2.05, 4.69) is 20.3 Å². The van der Waals surface area contributed by atoms with E-state index in [0.29, 0.717) is 29.3 Å². The molecule has 10 heteroatoms. The number of anilines is 1. The van der Waals surface area contributed by atoms with Crippen molar-refractivity contribution in [2.24, 2.45) is 0 Å². The minimum Gasteiger partial charge on any atom is -0.336 e. The first-order valence-electron chi connectivity index (χ1n) is 9.44. The molecule has 0 aliphatic heterocycles. The zero-order valence-electron chi connectivity index (χ0n) is 16.9. The van der Waals surface area contributed by atoms with Gasteiger partial charge in [-0.25, -0.2) is 22.9 Å². The fraction of sp³-hybridized carbons (Fsp3) is 0.300. The minimum atomic E-state index is -3.58. The number of carbonyl (C=O) groups is 1. The number of rotatable bonds is 7. The van der Waals surface area contributed by atoms with Crippen LogP contribution < -0.4 is 15.4 Å². The molecule has 0 saturated carbocycles. The number of hydrogen-bond donors (Lipinski definition) is 3. The molecule has 0 spiro atoms. The number of sulfonamides is 1. The van der Waals surface area contributed by atoms with Crippen molar-refractivity contribution in [3.05, 3.63) is 53.3 Å². The van der Waals surface area contributed by atoms with Crippen LogP contribution in [0.1, 0.15) is 19.4 Å². The number of imidazole rings is 1. The number of nitrogens with one attached hydrogen (secondary N) is 3. The third-order valence-corrected chi connectivity index (χ3v) is 6.43. The van der Waals surface area contributed by atoms with E-state index in [1.807, 2.05) is 17.6 Å². The van der Waals surface area contributed by atoms with Crippen LogP contribution in [-0.2, 0) is 16.6 Å². The Balaban J connectivity index is 1.61. The zero-order valence-corrected chi connectivity index (χ0v) is 18.5. The molecule has 160 valence electrons. The van der Waals surface area contributed by atoms with E-state index < -0.39 is 10.0 Å². The first-order chi connectivity index (χ1) is 14.2. The second-order valence-corrected chi connectivity index (χ2v) is 9.33. The van der Waals surface area contributed by atoms with Crippen LogP contribution in [0.5, 0.6) is 0 Å². The Kier molecular flexibility index (Phi) is 6.64. The molecule has 0 unspecified atom stereocenters. The molecule has 0 aliphatic carbocycles. The number of urea groups is 1. The molecule has 1 aromatic heterocycles. The Morgan fingerprint density at radius 1 is 1.20 bits per heavy atom. The molecular weight excluding hydrogens is 426 g/mol. The quantitative estimate of drug-likeness (QED) is 0.513. The van der Waals surface area contributed by atoms with Gasteiger partial charge < -0.3 is 15.2 Å². The summed E-state index contributed by atoms with van der Waals surface area (Å²) in [4.78, 5) is 16.5. The summed E-state index contributed by atoms with van der Waals surface area (Å²) in [6.45, 7) is 6.27. The molecule has 3 rings (SSSR count). The largest absolute Gasteiger partial charge is 0.336 e. The predicted molar refractivity (Wildman–Crippen MR) is 118 cm³/mol. The molecule has 3 aromatic rings. The van der Waals surface area contributed by atoms with Gasteiger partial charge in [0.05, 0.1) is 22.3 Å². The lowest BCUT2D eigenvalue weighted by atomic mass is 10.2. The molecule has 0 bridgehead atoms. The van der Waals surface area contributed by atoms with Crippen molar-refractivity contribution in [1.29, 1.82) is 0 Å². The number of carbonyl (C=O) groups excluding carboxylic acids is 1. The maximum absolute atomic E-state index is 12.3. The van der Waals surface area contributed by atoms with Gasteiger partial charge >= 0.3 is 6.03 Å². The zero-order chi connectivity index (χ0) is 21.9. The van der Waals surface area contributed by atoms with Gasteiger partial charge in [0.2, 0.25) is 10.0 Å². The van der Waals surface area contributed by atoms with Crippen molar-refractivity contribution < 1.29 is 13.2 Å². The minimum absolute atomic E-state index is 0.170. The number of aromatic nitrogens is 2. The van der Waals surface area contributed by atoms with Gasteiger partial charge in [-0.1, -0.05) is 17.7 Å². The van der Waals surface area contributed by atoms with E-state index in [1.165, 1.54) is 6.07 Å². The van der Waals surface area contributed by atoms with Crippen LogP contribution in [0.15, 0.2) is 47.6 Å². The average molecular weight is 450 g/mol. The highest BCUT2D eigenvalue weighted by Gasteiger charge is 2.17. The van der Waals surface area contributed by atoms with Gasteiger partial charge in [-0.15, -0.1) is 0 Å².